The maximum absolute atomic E-state index is 12.9. The number of fused-ring (bicyclic) bond motifs is 1. The molecule has 1 aliphatic heterocycles. The fraction of sp³-hybridized carbons (Fsp3) is 0.318. The van der Waals surface area contributed by atoms with Gasteiger partial charge in [0.1, 0.15) is 0 Å². The summed E-state index contributed by atoms with van der Waals surface area (Å²) in [6, 6.07) is 15.8. The van der Waals surface area contributed by atoms with Crippen LogP contribution in [0.5, 0.6) is 0 Å². The number of nitrogens with one attached hydrogen (secondary N) is 2. The summed E-state index contributed by atoms with van der Waals surface area (Å²) in [4.78, 5) is 17.3. The summed E-state index contributed by atoms with van der Waals surface area (Å²) < 4.78 is 5.39. The van der Waals surface area contributed by atoms with E-state index in [1.54, 1.807) is 6.07 Å². The van der Waals surface area contributed by atoms with Gasteiger partial charge in [-0.15, -0.1) is 12.4 Å². The first-order chi connectivity index (χ1) is 13.6. The number of carbonyl (C=O) groups excluding carboxylic acids is 1. The molecule has 0 aliphatic carbocycles. The van der Waals surface area contributed by atoms with Crippen LogP contribution in [0.15, 0.2) is 53.1 Å². The second-order valence-electron chi connectivity index (χ2n) is 7.32. The van der Waals surface area contributed by atoms with Crippen molar-refractivity contribution in [2.75, 3.05) is 13.1 Å². The standard InChI is InChI=1S/C22H24N4O2.ClH/c1-14(2)20-25-22(28-26-20)18-10-6-5-9-17(18)21(27)24-13-19-16-8-4-3-7-15(16)11-12-23-19;/h3-10,14,19,23H,11-13H2,1-2H3,(H,24,27);1H. The van der Waals surface area contributed by atoms with Crippen LogP contribution in [0.1, 0.15) is 53.1 Å². The Labute approximate surface area is 176 Å². The van der Waals surface area contributed by atoms with Crippen LogP contribution in [0.4, 0.5) is 0 Å². The quantitative estimate of drug-likeness (QED) is 0.664. The van der Waals surface area contributed by atoms with Crippen LogP contribution >= 0.6 is 12.4 Å². The Hall–Kier alpha value is -2.70. The second-order valence-corrected chi connectivity index (χ2v) is 7.32. The molecule has 7 heteroatoms. The average Bonchev–Trinajstić information content (AvgIpc) is 3.22. The van der Waals surface area contributed by atoms with Gasteiger partial charge in [-0.2, -0.15) is 4.98 Å². The molecule has 29 heavy (non-hydrogen) atoms. The van der Waals surface area contributed by atoms with Crippen molar-refractivity contribution < 1.29 is 9.32 Å². The summed E-state index contributed by atoms with van der Waals surface area (Å²) in [5.41, 5.74) is 3.77. The Morgan fingerprint density at radius 2 is 1.97 bits per heavy atom. The van der Waals surface area contributed by atoms with Gasteiger partial charge in [0, 0.05) is 18.5 Å². The van der Waals surface area contributed by atoms with Crippen molar-refractivity contribution in [3.8, 4) is 11.5 Å². The molecule has 0 bridgehead atoms. The number of rotatable bonds is 5. The molecular formula is C22H25ClN4O2. The molecule has 0 fully saturated rings. The topological polar surface area (TPSA) is 80.0 Å². The molecule has 1 amide bonds. The number of hydrogen-bond donors (Lipinski definition) is 2. The van der Waals surface area contributed by atoms with E-state index in [0.29, 0.717) is 29.4 Å². The molecule has 152 valence electrons. The molecule has 1 unspecified atom stereocenters. The predicted octanol–water partition coefficient (Wildman–Crippen LogP) is 3.90. The first-order valence-corrected chi connectivity index (χ1v) is 9.66. The molecule has 3 aromatic rings. The zero-order valence-corrected chi connectivity index (χ0v) is 17.3. The van der Waals surface area contributed by atoms with Crippen molar-refractivity contribution in [1.82, 2.24) is 20.8 Å². The Morgan fingerprint density at radius 1 is 1.21 bits per heavy atom. The first kappa shape index (κ1) is 21.0. The van der Waals surface area contributed by atoms with Crippen LogP contribution in [0.3, 0.4) is 0 Å². The molecule has 0 spiro atoms. The van der Waals surface area contributed by atoms with E-state index in [-0.39, 0.29) is 30.3 Å². The second kappa shape index (κ2) is 9.20. The third kappa shape index (κ3) is 4.49. The smallest absolute Gasteiger partial charge is 0.258 e. The van der Waals surface area contributed by atoms with E-state index in [0.717, 1.165) is 13.0 Å². The lowest BCUT2D eigenvalue weighted by Crippen LogP contribution is -2.39. The number of amides is 1. The van der Waals surface area contributed by atoms with E-state index in [4.69, 9.17) is 4.52 Å². The number of hydrogen-bond acceptors (Lipinski definition) is 5. The largest absolute Gasteiger partial charge is 0.350 e. The summed E-state index contributed by atoms with van der Waals surface area (Å²) in [5, 5.41) is 10.6. The molecule has 6 nitrogen and oxygen atoms in total. The Balaban J connectivity index is 0.00000240. The highest BCUT2D eigenvalue weighted by molar-refractivity contribution is 5.99. The Morgan fingerprint density at radius 3 is 2.76 bits per heavy atom. The van der Waals surface area contributed by atoms with Gasteiger partial charge in [-0.25, -0.2) is 0 Å². The van der Waals surface area contributed by atoms with Gasteiger partial charge in [-0.1, -0.05) is 55.4 Å². The minimum atomic E-state index is -0.148. The number of benzene rings is 2. The third-order valence-electron chi connectivity index (χ3n) is 5.04. The molecule has 2 aromatic carbocycles. The van der Waals surface area contributed by atoms with E-state index in [1.807, 2.05) is 38.1 Å². The molecule has 1 atom stereocenters. The van der Waals surface area contributed by atoms with E-state index in [9.17, 15) is 4.79 Å². The molecule has 1 aliphatic rings. The van der Waals surface area contributed by atoms with Gasteiger partial charge >= 0.3 is 0 Å². The average molecular weight is 413 g/mol. The highest BCUT2D eigenvalue weighted by Gasteiger charge is 2.22. The van der Waals surface area contributed by atoms with Crippen LogP contribution in [0, 0.1) is 0 Å². The maximum atomic E-state index is 12.9. The summed E-state index contributed by atoms with van der Waals surface area (Å²) in [6.07, 6.45) is 1.01. The Kier molecular flexibility index (Phi) is 6.67. The zero-order chi connectivity index (χ0) is 19.5. The van der Waals surface area contributed by atoms with Gasteiger partial charge < -0.3 is 15.2 Å². The lowest BCUT2D eigenvalue weighted by atomic mass is 9.94. The van der Waals surface area contributed by atoms with Crippen molar-refractivity contribution in [1.29, 1.82) is 0 Å². The molecule has 0 saturated heterocycles. The molecule has 2 heterocycles. The van der Waals surface area contributed by atoms with Gasteiger partial charge in [0.05, 0.1) is 11.1 Å². The summed E-state index contributed by atoms with van der Waals surface area (Å²) in [6.45, 7) is 5.43. The van der Waals surface area contributed by atoms with Crippen molar-refractivity contribution in [2.24, 2.45) is 0 Å². The number of nitrogens with zero attached hydrogens (tertiary/aromatic N) is 2. The minimum Gasteiger partial charge on any atom is -0.350 e. The number of carbonyl (C=O) groups is 1. The molecule has 0 saturated carbocycles. The van der Waals surface area contributed by atoms with Gasteiger partial charge in [0.2, 0.25) is 0 Å². The van der Waals surface area contributed by atoms with Crippen molar-refractivity contribution in [3.05, 3.63) is 71.0 Å². The van der Waals surface area contributed by atoms with Gasteiger partial charge in [-0.05, 0) is 36.2 Å². The zero-order valence-electron chi connectivity index (χ0n) is 16.5. The van der Waals surface area contributed by atoms with E-state index in [2.05, 4.69) is 39.0 Å². The van der Waals surface area contributed by atoms with Gasteiger partial charge in [0.25, 0.3) is 11.8 Å². The monoisotopic (exact) mass is 412 g/mol. The first-order valence-electron chi connectivity index (χ1n) is 9.66. The summed E-state index contributed by atoms with van der Waals surface area (Å²) >= 11 is 0. The van der Waals surface area contributed by atoms with E-state index in [1.165, 1.54) is 11.1 Å². The van der Waals surface area contributed by atoms with Gasteiger partial charge in [0.15, 0.2) is 5.82 Å². The number of aromatic nitrogens is 2. The van der Waals surface area contributed by atoms with Crippen LogP contribution in [0.25, 0.3) is 11.5 Å². The van der Waals surface area contributed by atoms with E-state index < -0.39 is 0 Å². The fourth-order valence-corrected chi connectivity index (χ4v) is 3.51. The highest BCUT2D eigenvalue weighted by atomic mass is 35.5. The van der Waals surface area contributed by atoms with Crippen molar-refractivity contribution in [2.45, 2.75) is 32.2 Å². The van der Waals surface area contributed by atoms with Gasteiger partial charge in [-0.3, -0.25) is 4.79 Å². The van der Waals surface area contributed by atoms with Crippen molar-refractivity contribution >= 4 is 18.3 Å². The van der Waals surface area contributed by atoms with Crippen LogP contribution in [0.2, 0.25) is 0 Å². The molecule has 2 N–H and O–H groups in total. The lowest BCUT2D eigenvalue weighted by molar-refractivity contribution is 0.0949. The lowest BCUT2D eigenvalue weighted by Gasteiger charge is -2.27. The third-order valence-corrected chi connectivity index (χ3v) is 5.04. The molecule has 0 radical (unpaired) electrons. The van der Waals surface area contributed by atoms with Crippen LogP contribution in [-0.4, -0.2) is 29.1 Å². The van der Waals surface area contributed by atoms with E-state index >= 15 is 0 Å². The van der Waals surface area contributed by atoms with Crippen LogP contribution in [-0.2, 0) is 6.42 Å². The molecular weight excluding hydrogens is 388 g/mol. The Bertz CT molecular complexity index is 986. The normalized spacial score (nSPS) is 15.5. The molecule has 1 aromatic heterocycles. The summed E-state index contributed by atoms with van der Waals surface area (Å²) in [5.74, 6) is 1.02. The SMILES string of the molecule is CC(C)c1noc(-c2ccccc2C(=O)NCC2NCCc3ccccc32)n1.Cl. The summed E-state index contributed by atoms with van der Waals surface area (Å²) in [7, 11) is 0. The highest BCUT2D eigenvalue weighted by Crippen LogP contribution is 2.25. The molecule has 4 rings (SSSR count). The van der Waals surface area contributed by atoms with Crippen LogP contribution < -0.4 is 10.6 Å². The predicted molar refractivity (Wildman–Crippen MR) is 114 cm³/mol. The van der Waals surface area contributed by atoms with Crippen molar-refractivity contribution in [3.63, 3.8) is 0 Å². The number of halogens is 1. The maximum Gasteiger partial charge on any atom is 0.258 e. The fourth-order valence-electron chi connectivity index (χ4n) is 3.51. The minimum absolute atomic E-state index is 0.